The van der Waals surface area contributed by atoms with Crippen LogP contribution < -0.4 is 10.1 Å². The predicted octanol–water partition coefficient (Wildman–Crippen LogP) is 3.37. The van der Waals surface area contributed by atoms with Gasteiger partial charge in [-0.15, -0.1) is 0 Å². The van der Waals surface area contributed by atoms with Gasteiger partial charge in [0.2, 0.25) is 5.91 Å². The second-order valence-corrected chi connectivity index (χ2v) is 6.85. The van der Waals surface area contributed by atoms with E-state index < -0.39 is 0 Å². The SMILES string of the molecule is CC[C@@H](C)C(=O)NC[C@@H]1Cc2c(F)ccc(-c3nc(C)cnc3C)c2O1. The number of ether oxygens (including phenoxy) is 1. The lowest BCUT2D eigenvalue weighted by Gasteiger charge is -2.15. The Balaban J connectivity index is 1.84. The minimum Gasteiger partial charge on any atom is -0.487 e. The molecule has 1 aromatic heterocycles. The van der Waals surface area contributed by atoms with Crippen LogP contribution in [0.25, 0.3) is 11.3 Å². The third kappa shape index (κ3) is 3.54. The standard InChI is InChI=1S/C20H24FN3O2/c1-5-11(2)20(25)23-10-14-8-16-17(21)7-6-15(19(16)26-14)18-13(4)22-9-12(3)24-18/h6-7,9,11,14H,5,8,10H2,1-4H3,(H,23,25)/t11-,14+/m1/s1. The van der Waals surface area contributed by atoms with Crippen LogP contribution in [-0.2, 0) is 11.2 Å². The molecule has 2 atom stereocenters. The molecule has 1 amide bonds. The molecule has 1 aromatic carbocycles. The fourth-order valence-electron chi connectivity index (χ4n) is 3.03. The van der Waals surface area contributed by atoms with Crippen molar-refractivity contribution in [3.05, 3.63) is 41.1 Å². The van der Waals surface area contributed by atoms with Gasteiger partial charge in [0, 0.05) is 29.7 Å². The Morgan fingerprint density at radius 3 is 2.92 bits per heavy atom. The molecule has 0 bridgehead atoms. The van der Waals surface area contributed by atoms with Gasteiger partial charge in [0.05, 0.1) is 23.6 Å². The van der Waals surface area contributed by atoms with Gasteiger partial charge >= 0.3 is 0 Å². The first kappa shape index (κ1) is 18.3. The van der Waals surface area contributed by atoms with E-state index in [9.17, 15) is 9.18 Å². The minimum absolute atomic E-state index is 0.00635. The van der Waals surface area contributed by atoms with E-state index in [0.29, 0.717) is 30.0 Å². The molecule has 0 saturated carbocycles. The van der Waals surface area contributed by atoms with E-state index in [-0.39, 0.29) is 23.7 Å². The molecular formula is C20H24FN3O2. The first-order valence-electron chi connectivity index (χ1n) is 8.97. The Hall–Kier alpha value is -2.50. The quantitative estimate of drug-likeness (QED) is 0.891. The van der Waals surface area contributed by atoms with Crippen LogP contribution in [0.15, 0.2) is 18.3 Å². The zero-order valence-electron chi connectivity index (χ0n) is 15.6. The van der Waals surface area contributed by atoms with E-state index in [0.717, 1.165) is 23.4 Å². The number of benzene rings is 1. The van der Waals surface area contributed by atoms with Gasteiger partial charge in [-0.05, 0) is 32.4 Å². The fraction of sp³-hybridized carbons (Fsp3) is 0.450. The molecule has 26 heavy (non-hydrogen) atoms. The Labute approximate surface area is 153 Å². The van der Waals surface area contributed by atoms with Gasteiger partial charge < -0.3 is 10.1 Å². The van der Waals surface area contributed by atoms with Crippen molar-refractivity contribution < 1.29 is 13.9 Å². The molecule has 2 heterocycles. The lowest BCUT2D eigenvalue weighted by molar-refractivity contribution is -0.124. The molecule has 0 aliphatic carbocycles. The smallest absolute Gasteiger partial charge is 0.222 e. The number of carbonyl (C=O) groups excluding carboxylic acids is 1. The Kier molecular flexibility index (Phi) is 5.20. The molecule has 0 unspecified atom stereocenters. The highest BCUT2D eigenvalue weighted by atomic mass is 19.1. The van der Waals surface area contributed by atoms with Crippen LogP contribution in [0.3, 0.4) is 0 Å². The van der Waals surface area contributed by atoms with Crippen molar-refractivity contribution in [1.29, 1.82) is 0 Å². The lowest BCUT2D eigenvalue weighted by Crippen LogP contribution is -2.37. The zero-order valence-corrected chi connectivity index (χ0v) is 15.6. The maximum Gasteiger partial charge on any atom is 0.222 e. The largest absolute Gasteiger partial charge is 0.487 e. The third-order valence-electron chi connectivity index (χ3n) is 4.81. The first-order valence-corrected chi connectivity index (χ1v) is 8.97. The molecule has 1 aliphatic rings. The summed E-state index contributed by atoms with van der Waals surface area (Å²) in [5.41, 5.74) is 3.53. The number of nitrogens with one attached hydrogen (secondary N) is 1. The summed E-state index contributed by atoms with van der Waals surface area (Å²) in [5, 5.41) is 2.89. The van der Waals surface area contributed by atoms with Crippen LogP contribution in [-0.4, -0.2) is 28.5 Å². The van der Waals surface area contributed by atoms with Crippen molar-refractivity contribution in [3.63, 3.8) is 0 Å². The van der Waals surface area contributed by atoms with Crippen LogP contribution in [0.2, 0.25) is 0 Å². The summed E-state index contributed by atoms with van der Waals surface area (Å²) in [4.78, 5) is 20.9. The van der Waals surface area contributed by atoms with Crippen molar-refractivity contribution >= 4 is 5.91 Å². The summed E-state index contributed by atoms with van der Waals surface area (Å²) in [5.74, 6) is 0.165. The number of hydrogen-bond donors (Lipinski definition) is 1. The van der Waals surface area contributed by atoms with E-state index in [2.05, 4.69) is 15.3 Å². The van der Waals surface area contributed by atoms with Gasteiger partial charge in [-0.3, -0.25) is 9.78 Å². The molecule has 3 rings (SSSR count). The predicted molar refractivity (Wildman–Crippen MR) is 97.5 cm³/mol. The van der Waals surface area contributed by atoms with Crippen LogP contribution in [0.1, 0.15) is 37.2 Å². The fourth-order valence-corrected chi connectivity index (χ4v) is 3.03. The summed E-state index contributed by atoms with van der Waals surface area (Å²) in [6.07, 6.45) is 2.62. The van der Waals surface area contributed by atoms with Gasteiger partial charge in [0.15, 0.2) is 0 Å². The summed E-state index contributed by atoms with van der Waals surface area (Å²) in [6, 6.07) is 3.13. The van der Waals surface area contributed by atoms with Gasteiger partial charge in [-0.25, -0.2) is 9.37 Å². The normalized spacial score (nSPS) is 16.7. The summed E-state index contributed by atoms with van der Waals surface area (Å²) >= 11 is 0. The van der Waals surface area contributed by atoms with Gasteiger partial charge in [-0.1, -0.05) is 13.8 Å². The highest BCUT2D eigenvalue weighted by Gasteiger charge is 2.30. The molecule has 138 valence electrons. The number of hydrogen-bond acceptors (Lipinski definition) is 4. The summed E-state index contributed by atoms with van der Waals surface area (Å²) in [7, 11) is 0. The zero-order chi connectivity index (χ0) is 18.8. The average Bonchev–Trinajstić information content (AvgIpc) is 3.06. The van der Waals surface area contributed by atoms with Gasteiger partial charge in [0.25, 0.3) is 0 Å². The highest BCUT2D eigenvalue weighted by molar-refractivity contribution is 5.78. The van der Waals surface area contributed by atoms with Crippen LogP contribution in [0.5, 0.6) is 5.75 Å². The number of fused-ring (bicyclic) bond motifs is 1. The van der Waals surface area contributed by atoms with E-state index in [1.54, 1.807) is 12.3 Å². The second kappa shape index (κ2) is 7.40. The Morgan fingerprint density at radius 1 is 1.42 bits per heavy atom. The average molecular weight is 357 g/mol. The number of aryl methyl sites for hydroxylation is 2. The van der Waals surface area contributed by atoms with Crippen molar-refractivity contribution in [2.24, 2.45) is 5.92 Å². The molecular weight excluding hydrogens is 333 g/mol. The number of rotatable bonds is 5. The number of halogens is 1. The summed E-state index contributed by atoms with van der Waals surface area (Å²) in [6.45, 7) is 7.95. The van der Waals surface area contributed by atoms with E-state index in [1.807, 2.05) is 27.7 Å². The summed E-state index contributed by atoms with van der Waals surface area (Å²) < 4.78 is 20.3. The maximum atomic E-state index is 14.3. The van der Waals surface area contributed by atoms with Gasteiger partial charge in [-0.2, -0.15) is 0 Å². The Morgan fingerprint density at radius 2 is 2.19 bits per heavy atom. The van der Waals surface area contributed by atoms with Crippen LogP contribution in [0.4, 0.5) is 4.39 Å². The minimum atomic E-state index is -0.294. The van der Waals surface area contributed by atoms with E-state index in [4.69, 9.17) is 4.74 Å². The molecule has 6 heteroatoms. The van der Waals surface area contributed by atoms with Crippen LogP contribution in [0, 0.1) is 25.6 Å². The molecule has 5 nitrogen and oxygen atoms in total. The first-order chi connectivity index (χ1) is 12.4. The van der Waals surface area contributed by atoms with Crippen molar-refractivity contribution in [2.75, 3.05) is 6.54 Å². The molecule has 0 saturated heterocycles. The molecule has 2 aromatic rings. The van der Waals surface area contributed by atoms with E-state index >= 15 is 0 Å². The molecule has 1 aliphatic heterocycles. The molecule has 0 spiro atoms. The van der Waals surface area contributed by atoms with Crippen molar-refractivity contribution in [1.82, 2.24) is 15.3 Å². The molecule has 1 N–H and O–H groups in total. The number of carbonyl (C=O) groups is 1. The van der Waals surface area contributed by atoms with Crippen LogP contribution >= 0.6 is 0 Å². The third-order valence-corrected chi connectivity index (χ3v) is 4.81. The molecule has 0 radical (unpaired) electrons. The Bertz CT molecular complexity index is 838. The lowest BCUT2D eigenvalue weighted by atomic mass is 10.0. The maximum absolute atomic E-state index is 14.3. The highest BCUT2D eigenvalue weighted by Crippen LogP contribution is 2.40. The van der Waals surface area contributed by atoms with Gasteiger partial charge in [0.1, 0.15) is 17.7 Å². The number of amides is 1. The monoisotopic (exact) mass is 357 g/mol. The van der Waals surface area contributed by atoms with E-state index in [1.165, 1.54) is 6.07 Å². The second-order valence-electron chi connectivity index (χ2n) is 6.85. The van der Waals surface area contributed by atoms with Crippen molar-refractivity contribution in [3.8, 4) is 17.0 Å². The number of nitrogens with zero attached hydrogens (tertiary/aromatic N) is 2. The van der Waals surface area contributed by atoms with Crippen molar-refractivity contribution in [2.45, 2.75) is 46.6 Å². The number of aromatic nitrogens is 2. The topological polar surface area (TPSA) is 64.1 Å². The molecule has 0 fully saturated rings.